The summed E-state index contributed by atoms with van der Waals surface area (Å²) in [5.74, 6) is -0.171. The summed E-state index contributed by atoms with van der Waals surface area (Å²) in [5.41, 5.74) is -2.10. The van der Waals surface area contributed by atoms with Crippen LogP contribution < -0.4 is 0 Å². The van der Waals surface area contributed by atoms with E-state index in [1.54, 1.807) is 0 Å². The number of carbonyl (C=O) groups excluding carboxylic acids is 1. The Bertz CT molecular complexity index is 724. The number of carbonyl (C=O) groups is 1. The maximum absolute atomic E-state index is 12.7. The van der Waals surface area contributed by atoms with Crippen LogP contribution in [0.3, 0.4) is 0 Å². The molecule has 0 spiro atoms. The van der Waals surface area contributed by atoms with Gasteiger partial charge < -0.3 is 4.42 Å². The van der Waals surface area contributed by atoms with Crippen LogP contribution in [0.2, 0.25) is 0 Å². The Labute approximate surface area is 123 Å². The molecule has 0 fully saturated rings. The van der Waals surface area contributed by atoms with Gasteiger partial charge in [0.1, 0.15) is 11.3 Å². The Morgan fingerprint density at radius 3 is 2.43 bits per heavy atom. The first-order valence-electron chi connectivity index (χ1n) is 5.34. The van der Waals surface area contributed by atoms with E-state index >= 15 is 0 Å². The number of nitrogens with zero attached hydrogens (tertiary/aromatic N) is 1. The molecule has 21 heavy (non-hydrogen) atoms. The monoisotopic (exact) mass is 363 g/mol. The van der Waals surface area contributed by atoms with E-state index < -0.39 is 22.4 Å². The summed E-state index contributed by atoms with van der Waals surface area (Å²) in [4.78, 5) is 20.6. The van der Waals surface area contributed by atoms with Gasteiger partial charge in [-0.05, 0) is 34.1 Å². The van der Waals surface area contributed by atoms with Crippen molar-refractivity contribution in [3.8, 4) is 11.3 Å². The number of nitro groups is 1. The summed E-state index contributed by atoms with van der Waals surface area (Å²) in [6.07, 6.45) is -4.34. The van der Waals surface area contributed by atoms with Crippen molar-refractivity contribution in [2.75, 3.05) is 0 Å². The van der Waals surface area contributed by atoms with Crippen LogP contribution >= 0.6 is 15.9 Å². The fraction of sp³-hybridized carbons (Fsp3) is 0.0833. The van der Waals surface area contributed by atoms with Gasteiger partial charge in [0.2, 0.25) is 0 Å². The topological polar surface area (TPSA) is 73.3 Å². The summed E-state index contributed by atoms with van der Waals surface area (Å²) in [5, 5.41) is 11.0. The predicted molar refractivity (Wildman–Crippen MR) is 68.9 cm³/mol. The molecule has 0 aliphatic rings. The number of alkyl halides is 3. The van der Waals surface area contributed by atoms with E-state index in [1.807, 2.05) is 0 Å². The van der Waals surface area contributed by atoms with Crippen molar-refractivity contribution in [1.29, 1.82) is 0 Å². The second-order valence-electron chi connectivity index (χ2n) is 3.93. The van der Waals surface area contributed by atoms with Crippen LogP contribution in [-0.4, -0.2) is 11.2 Å². The Morgan fingerprint density at radius 2 is 1.95 bits per heavy atom. The molecule has 5 nitrogen and oxygen atoms in total. The molecule has 2 rings (SSSR count). The molecule has 0 aliphatic carbocycles. The van der Waals surface area contributed by atoms with Crippen LogP contribution in [-0.2, 0) is 6.18 Å². The molecule has 0 aliphatic heterocycles. The van der Waals surface area contributed by atoms with Gasteiger partial charge >= 0.3 is 6.18 Å². The molecule has 0 atom stereocenters. The molecule has 1 aromatic carbocycles. The van der Waals surface area contributed by atoms with Crippen LogP contribution in [0.15, 0.2) is 33.2 Å². The van der Waals surface area contributed by atoms with Gasteiger partial charge in [0.25, 0.3) is 5.69 Å². The van der Waals surface area contributed by atoms with Crippen LogP contribution in [0.4, 0.5) is 18.9 Å². The summed E-state index contributed by atoms with van der Waals surface area (Å²) in [6, 6.07) is 3.66. The highest BCUT2D eigenvalue weighted by molar-refractivity contribution is 9.10. The SMILES string of the molecule is O=Cc1ccc(-c2c(Br)cc(C(F)(F)F)cc2[N+](=O)[O-])o1. The second kappa shape index (κ2) is 5.32. The Balaban J connectivity index is 2.70. The number of hydrogen-bond acceptors (Lipinski definition) is 4. The molecule has 1 aromatic heterocycles. The molecule has 0 saturated heterocycles. The standard InChI is InChI=1S/C12H5BrF3NO4/c13-8-3-6(12(14,15)16)4-9(17(19)20)11(8)10-2-1-7(5-18)21-10/h1-5H. The lowest BCUT2D eigenvalue weighted by Crippen LogP contribution is -2.06. The van der Waals surface area contributed by atoms with Crippen LogP contribution in [0.5, 0.6) is 0 Å². The van der Waals surface area contributed by atoms with E-state index in [9.17, 15) is 28.1 Å². The second-order valence-corrected chi connectivity index (χ2v) is 4.78. The van der Waals surface area contributed by atoms with Gasteiger partial charge in [-0.3, -0.25) is 14.9 Å². The van der Waals surface area contributed by atoms with Crippen molar-refractivity contribution in [3.63, 3.8) is 0 Å². The first-order valence-corrected chi connectivity index (χ1v) is 6.14. The first kappa shape index (κ1) is 15.2. The molecule has 2 aromatic rings. The minimum Gasteiger partial charge on any atom is -0.453 e. The lowest BCUT2D eigenvalue weighted by molar-refractivity contribution is -0.384. The maximum Gasteiger partial charge on any atom is 0.416 e. The molecule has 9 heteroatoms. The Kier molecular flexibility index (Phi) is 3.86. The van der Waals surface area contributed by atoms with Gasteiger partial charge in [0.15, 0.2) is 12.0 Å². The van der Waals surface area contributed by atoms with Gasteiger partial charge in [0.05, 0.1) is 10.5 Å². The van der Waals surface area contributed by atoms with Crippen molar-refractivity contribution in [2.24, 2.45) is 0 Å². The van der Waals surface area contributed by atoms with E-state index in [0.29, 0.717) is 18.4 Å². The van der Waals surface area contributed by atoms with E-state index in [4.69, 9.17) is 4.42 Å². The predicted octanol–water partition coefficient (Wildman–Crippen LogP) is 4.45. The Morgan fingerprint density at radius 1 is 1.29 bits per heavy atom. The average Bonchev–Trinajstić information content (AvgIpc) is 2.84. The van der Waals surface area contributed by atoms with Crippen LogP contribution in [0.25, 0.3) is 11.3 Å². The van der Waals surface area contributed by atoms with Crippen molar-refractivity contribution in [3.05, 3.63) is 50.2 Å². The van der Waals surface area contributed by atoms with E-state index in [0.717, 1.165) is 0 Å². The van der Waals surface area contributed by atoms with Crippen LogP contribution in [0, 0.1) is 10.1 Å². The van der Waals surface area contributed by atoms with Gasteiger partial charge in [-0.15, -0.1) is 0 Å². The zero-order valence-electron chi connectivity index (χ0n) is 9.98. The maximum atomic E-state index is 12.7. The van der Waals surface area contributed by atoms with E-state index in [-0.39, 0.29) is 21.6 Å². The largest absolute Gasteiger partial charge is 0.453 e. The number of aldehydes is 1. The molecule has 1 heterocycles. The van der Waals surface area contributed by atoms with E-state index in [2.05, 4.69) is 15.9 Å². The van der Waals surface area contributed by atoms with Gasteiger partial charge in [0, 0.05) is 10.5 Å². The lowest BCUT2D eigenvalue weighted by Gasteiger charge is -2.10. The highest BCUT2D eigenvalue weighted by atomic mass is 79.9. The molecular formula is C12H5BrF3NO4. The van der Waals surface area contributed by atoms with Crippen molar-refractivity contribution >= 4 is 27.9 Å². The van der Waals surface area contributed by atoms with Crippen LogP contribution in [0.1, 0.15) is 16.1 Å². The summed E-state index contributed by atoms with van der Waals surface area (Å²) in [7, 11) is 0. The summed E-state index contributed by atoms with van der Waals surface area (Å²) in [6.45, 7) is 0. The number of furan rings is 1. The number of hydrogen-bond donors (Lipinski definition) is 0. The third-order valence-electron chi connectivity index (χ3n) is 2.58. The zero-order chi connectivity index (χ0) is 15.8. The zero-order valence-corrected chi connectivity index (χ0v) is 11.6. The normalized spacial score (nSPS) is 11.4. The third-order valence-corrected chi connectivity index (χ3v) is 3.21. The average molecular weight is 364 g/mol. The van der Waals surface area contributed by atoms with Gasteiger partial charge in [-0.1, -0.05) is 0 Å². The Hall–Kier alpha value is -2.16. The molecule has 110 valence electrons. The van der Waals surface area contributed by atoms with Crippen molar-refractivity contribution < 1.29 is 27.3 Å². The molecular weight excluding hydrogens is 359 g/mol. The summed E-state index contributed by atoms with van der Waals surface area (Å²) < 4.78 is 42.9. The number of benzene rings is 1. The fourth-order valence-corrected chi connectivity index (χ4v) is 2.34. The number of rotatable bonds is 3. The first-order chi connectivity index (χ1) is 9.74. The number of nitro benzene ring substituents is 1. The lowest BCUT2D eigenvalue weighted by atomic mass is 10.1. The highest BCUT2D eigenvalue weighted by Gasteiger charge is 2.35. The van der Waals surface area contributed by atoms with Crippen molar-refractivity contribution in [2.45, 2.75) is 6.18 Å². The highest BCUT2D eigenvalue weighted by Crippen LogP contribution is 2.42. The summed E-state index contributed by atoms with van der Waals surface area (Å²) >= 11 is 2.87. The van der Waals surface area contributed by atoms with Gasteiger partial charge in [-0.25, -0.2) is 0 Å². The van der Waals surface area contributed by atoms with E-state index in [1.165, 1.54) is 12.1 Å². The molecule has 0 N–H and O–H groups in total. The molecule has 0 bridgehead atoms. The molecule has 0 unspecified atom stereocenters. The number of halogens is 4. The fourth-order valence-electron chi connectivity index (χ4n) is 1.69. The minimum atomic E-state index is -4.72. The smallest absolute Gasteiger partial charge is 0.416 e. The van der Waals surface area contributed by atoms with Gasteiger partial charge in [-0.2, -0.15) is 13.2 Å². The minimum absolute atomic E-state index is 0.0793. The van der Waals surface area contributed by atoms with Crippen molar-refractivity contribution in [1.82, 2.24) is 0 Å². The third kappa shape index (κ3) is 2.97. The quantitative estimate of drug-likeness (QED) is 0.458. The molecule has 0 radical (unpaired) electrons. The molecule has 0 amide bonds. The molecule has 0 saturated carbocycles.